The van der Waals surface area contributed by atoms with Gasteiger partial charge in [-0.2, -0.15) is 0 Å². The maximum absolute atomic E-state index is 12.8. The summed E-state index contributed by atoms with van der Waals surface area (Å²) < 4.78 is 22.5. The van der Waals surface area contributed by atoms with E-state index in [-0.39, 0.29) is 5.63 Å². The van der Waals surface area contributed by atoms with Crippen LogP contribution in [0.25, 0.3) is 11.0 Å². The van der Waals surface area contributed by atoms with Crippen LogP contribution in [0.5, 0.6) is 17.2 Å². The number of para-hydroxylation sites is 2. The Bertz CT molecular complexity index is 1180. The van der Waals surface area contributed by atoms with Crippen LogP contribution in [0.3, 0.4) is 0 Å². The molecule has 4 rings (SSSR count). The van der Waals surface area contributed by atoms with E-state index in [1.54, 1.807) is 20.3 Å². The second-order valence-electron chi connectivity index (χ2n) is 8.59. The molecule has 0 radical (unpaired) electrons. The summed E-state index contributed by atoms with van der Waals surface area (Å²) in [6.45, 7) is 9.17. The molecule has 1 aliphatic rings. The van der Waals surface area contributed by atoms with Gasteiger partial charge in [0.15, 0.2) is 11.5 Å². The minimum absolute atomic E-state index is 0.276. The Morgan fingerprint density at radius 3 is 2.41 bits per heavy atom. The minimum atomic E-state index is -0.276. The van der Waals surface area contributed by atoms with E-state index in [1.807, 2.05) is 31.2 Å². The largest absolute Gasteiger partial charge is 0.495 e. The molecule has 1 fully saturated rings. The molecule has 0 N–H and O–H groups in total. The van der Waals surface area contributed by atoms with Crippen LogP contribution in [0.15, 0.2) is 45.6 Å². The summed E-state index contributed by atoms with van der Waals surface area (Å²) >= 11 is 0. The molecule has 0 atom stereocenters. The van der Waals surface area contributed by atoms with Crippen LogP contribution in [0.4, 0.5) is 5.69 Å². The molecule has 7 heteroatoms. The van der Waals surface area contributed by atoms with Crippen molar-refractivity contribution in [2.24, 2.45) is 0 Å². The molecule has 2 heterocycles. The highest BCUT2D eigenvalue weighted by Gasteiger charge is 2.21. The number of rotatable bonds is 9. The van der Waals surface area contributed by atoms with Gasteiger partial charge in [0, 0.05) is 49.7 Å². The predicted molar refractivity (Wildman–Crippen MR) is 135 cm³/mol. The first-order valence-electron chi connectivity index (χ1n) is 11.9. The molecule has 182 valence electrons. The lowest BCUT2D eigenvalue weighted by atomic mass is 10.0. The fourth-order valence-electron chi connectivity index (χ4n) is 4.54. The summed E-state index contributed by atoms with van der Waals surface area (Å²) in [5.74, 6) is 2.15. The minimum Gasteiger partial charge on any atom is -0.495 e. The molecule has 3 aromatic rings. The van der Waals surface area contributed by atoms with Crippen molar-refractivity contribution in [1.29, 1.82) is 0 Å². The molecule has 34 heavy (non-hydrogen) atoms. The first kappa shape index (κ1) is 24.0. The highest BCUT2D eigenvalue weighted by Crippen LogP contribution is 2.34. The number of aryl methyl sites for hydroxylation is 1. The molecule has 0 aliphatic carbocycles. The SMILES string of the molecule is CCCOc1cc2c(C)c(CCN3CCN(c4ccccc4OC)CC3)c(=O)oc2cc1OC. The average molecular weight is 467 g/mol. The highest BCUT2D eigenvalue weighted by atomic mass is 16.5. The molecule has 1 aromatic heterocycles. The van der Waals surface area contributed by atoms with Gasteiger partial charge < -0.3 is 23.5 Å². The van der Waals surface area contributed by atoms with Gasteiger partial charge in [-0.15, -0.1) is 0 Å². The third-order valence-electron chi connectivity index (χ3n) is 6.51. The predicted octanol–water partition coefficient (Wildman–Crippen LogP) is 4.27. The van der Waals surface area contributed by atoms with Crippen LogP contribution < -0.4 is 24.7 Å². The quantitative estimate of drug-likeness (QED) is 0.436. The molecule has 1 aliphatic heterocycles. The topological polar surface area (TPSA) is 64.4 Å². The molecule has 7 nitrogen and oxygen atoms in total. The number of benzene rings is 2. The first-order valence-corrected chi connectivity index (χ1v) is 11.9. The van der Waals surface area contributed by atoms with Crippen molar-refractivity contribution in [3.8, 4) is 17.2 Å². The van der Waals surface area contributed by atoms with Crippen LogP contribution in [0.1, 0.15) is 24.5 Å². The van der Waals surface area contributed by atoms with Crippen LogP contribution in [0, 0.1) is 6.92 Å². The Morgan fingerprint density at radius 2 is 1.71 bits per heavy atom. The van der Waals surface area contributed by atoms with Gasteiger partial charge in [0.25, 0.3) is 0 Å². The lowest BCUT2D eigenvalue weighted by molar-refractivity contribution is 0.259. The Kier molecular flexibility index (Phi) is 7.63. The number of anilines is 1. The van der Waals surface area contributed by atoms with E-state index in [9.17, 15) is 4.79 Å². The zero-order valence-corrected chi connectivity index (χ0v) is 20.6. The molecule has 0 spiro atoms. The maximum atomic E-state index is 12.8. The van der Waals surface area contributed by atoms with Gasteiger partial charge in [-0.25, -0.2) is 4.79 Å². The van der Waals surface area contributed by atoms with Crippen molar-refractivity contribution in [2.45, 2.75) is 26.7 Å². The Morgan fingerprint density at radius 1 is 0.971 bits per heavy atom. The third-order valence-corrected chi connectivity index (χ3v) is 6.51. The number of fused-ring (bicyclic) bond motifs is 1. The van der Waals surface area contributed by atoms with Crippen molar-refractivity contribution >= 4 is 16.7 Å². The van der Waals surface area contributed by atoms with Crippen LogP contribution in [0.2, 0.25) is 0 Å². The summed E-state index contributed by atoms with van der Waals surface area (Å²) in [5, 5.41) is 0.891. The van der Waals surface area contributed by atoms with Gasteiger partial charge >= 0.3 is 5.63 Å². The lowest BCUT2D eigenvalue weighted by Crippen LogP contribution is -2.47. The summed E-state index contributed by atoms with van der Waals surface area (Å²) in [7, 11) is 3.30. The summed E-state index contributed by atoms with van der Waals surface area (Å²) in [6.07, 6.45) is 1.55. The van der Waals surface area contributed by atoms with Gasteiger partial charge in [-0.05, 0) is 43.5 Å². The van der Waals surface area contributed by atoms with E-state index < -0.39 is 0 Å². The number of hydrogen-bond donors (Lipinski definition) is 0. The van der Waals surface area contributed by atoms with E-state index in [1.165, 1.54) is 0 Å². The zero-order valence-electron chi connectivity index (χ0n) is 20.6. The number of ether oxygens (including phenoxy) is 3. The third kappa shape index (κ3) is 4.99. The van der Waals surface area contributed by atoms with E-state index in [0.29, 0.717) is 30.1 Å². The highest BCUT2D eigenvalue weighted by molar-refractivity contribution is 5.84. The second-order valence-corrected chi connectivity index (χ2v) is 8.59. The normalized spacial score (nSPS) is 14.4. The molecular formula is C27H34N2O5. The first-order chi connectivity index (χ1) is 16.5. The van der Waals surface area contributed by atoms with E-state index in [4.69, 9.17) is 18.6 Å². The van der Waals surface area contributed by atoms with Crippen molar-refractivity contribution in [3.05, 3.63) is 57.9 Å². The van der Waals surface area contributed by atoms with Gasteiger partial charge in [-0.1, -0.05) is 19.1 Å². The van der Waals surface area contributed by atoms with Crippen LogP contribution in [-0.4, -0.2) is 58.5 Å². The van der Waals surface area contributed by atoms with Crippen molar-refractivity contribution in [3.63, 3.8) is 0 Å². The summed E-state index contributed by atoms with van der Waals surface area (Å²) in [5.41, 5.74) is 3.06. The Balaban J connectivity index is 1.46. The van der Waals surface area contributed by atoms with Crippen molar-refractivity contribution in [2.75, 3.05) is 58.5 Å². The smallest absolute Gasteiger partial charge is 0.339 e. The van der Waals surface area contributed by atoms with E-state index >= 15 is 0 Å². The number of piperazine rings is 1. The summed E-state index contributed by atoms with van der Waals surface area (Å²) in [4.78, 5) is 17.6. The standard InChI is InChI=1S/C27H34N2O5/c1-5-16-33-26-17-21-19(2)20(27(30)34-24(21)18-25(26)32-4)10-11-28-12-14-29(15-13-28)22-8-6-7-9-23(22)31-3/h6-9,17-18H,5,10-16H2,1-4H3. The molecule has 0 saturated carbocycles. The molecular weight excluding hydrogens is 432 g/mol. The van der Waals surface area contributed by atoms with Gasteiger partial charge in [0.1, 0.15) is 11.3 Å². The maximum Gasteiger partial charge on any atom is 0.339 e. The van der Waals surface area contributed by atoms with Gasteiger partial charge in [0.05, 0.1) is 26.5 Å². The molecule has 1 saturated heterocycles. The van der Waals surface area contributed by atoms with Gasteiger partial charge in [-0.3, -0.25) is 4.90 Å². The average Bonchev–Trinajstić information content (AvgIpc) is 2.87. The number of methoxy groups -OCH3 is 2. The zero-order chi connectivity index (χ0) is 24.1. The monoisotopic (exact) mass is 466 g/mol. The molecule has 2 aromatic carbocycles. The molecule has 0 unspecified atom stereocenters. The van der Waals surface area contributed by atoms with Crippen LogP contribution in [-0.2, 0) is 6.42 Å². The second kappa shape index (κ2) is 10.8. The van der Waals surface area contributed by atoms with E-state index in [0.717, 1.165) is 67.1 Å². The molecule has 0 amide bonds. The van der Waals surface area contributed by atoms with Gasteiger partial charge in [0.2, 0.25) is 0 Å². The van der Waals surface area contributed by atoms with Crippen molar-refractivity contribution < 1.29 is 18.6 Å². The fraction of sp³-hybridized carbons (Fsp3) is 0.444. The van der Waals surface area contributed by atoms with Crippen molar-refractivity contribution in [1.82, 2.24) is 4.90 Å². The Labute approximate surface area is 200 Å². The Hall–Kier alpha value is -3.19. The number of hydrogen-bond acceptors (Lipinski definition) is 7. The fourth-order valence-corrected chi connectivity index (χ4v) is 4.54. The lowest BCUT2D eigenvalue weighted by Gasteiger charge is -2.36. The van der Waals surface area contributed by atoms with Crippen LogP contribution >= 0.6 is 0 Å². The summed E-state index contributed by atoms with van der Waals surface area (Å²) in [6, 6.07) is 11.8. The molecule has 0 bridgehead atoms. The number of nitrogens with zero attached hydrogens (tertiary/aromatic N) is 2. The van der Waals surface area contributed by atoms with E-state index in [2.05, 4.69) is 22.8 Å².